The highest BCUT2D eigenvalue weighted by Gasteiger charge is 2.26. The second kappa shape index (κ2) is 7.21. The van der Waals surface area contributed by atoms with E-state index in [1.807, 2.05) is 34.6 Å². The molecule has 1 aliphatic rings. The fourth-order valence-corrected chi connectivity index (χ4v) is 1.61. The Morgan fingerprint density at radius 3 is 2.47 bits per heavy atom. The van der Waals surface area contributed by atoms with E-state index < -0.39 is 5.60 Å². The maximum atomic E-state index is 11.7. The van der Waals surface area contributed by atoms with E-state index in [1.54, 1.807) is 4.90 Å². The summed E-state index contributed by atoms with van der Waals surface area (Å²) in [6.07, 6.45) is 7.09. The van der Waals surface area contributed by atoms with Crippen molar-refractivity contribution in [2.75, 3.05) is 13.1 Å². The van der Waals surface area contributed by atoms with Crippen LogP contribution in [0.4, 0.5) is 4.79 Å². The Hall–Kier alpha value is -1.17. The van der Waals surface area contributed by atoms with Crippen LogP contribution in [0.5, 0.6) is 0 Å². The van der Waals surface area contributed by atoms with Gasteiger partial charge in [0.05, 0.1) is 0 Å². The predicted molar refractivity (Wildman–Crippen MR) is 70.7 cm³/mol. The molecule has 98 valence electrons. The molecule has 1 unspecified atom stereocenters. The van der Waals surface area contributed by atoms with Crippen LogP contribution >= 0.6 is 0 Å². The Kier molecular flexibility index (Phi) is 6.72. The van der Waals surface area contributed by atoms with Crippen LogP contribution in [-0.4, -0.2) is 29.7 Å². The molecule has 0 aromatic carbocycles. The molecule has 1 saturated heterocycles. The van der Waals surface area contributed by atoms with Crippen LogP contribution in [0.25, 0.3) is 0 Å². The van der Waals surface area contributed by atoms with Gasteiger partial charge in [0.25, 0.3) is 0 Å². The van der Waals surface area contributed by atoms with Crippen LogP contribution in [0.3, 0.4) is 0 Å². The van der Waals surface area contributed by atoms with E-state index in [1.165, 1.54) is 0 Å². The number of likely N-dealkylation sites (tertiary alicyclic amines) is 1. The van der Waals surface area contributed by atoms with Crippen molar-refractivity contribution in [1.29, 1.82) is 0 Å². The van der Waals surface area contributed by atoms with Gasteiger partial charge in [0.1, 0.15) is 5.60 Å². The monoisotopic (exact) mass is 239 g/mol. The summed E-state index contributed by atoms with van der Waals surface area (Å²) in [4.78, 5) is 13.4. The van der Waals surface area contributed by atoms with Crippen molar-refractivity contribution in [3.63, 3.8) is 0 Å². The lowest BCUT2D eigenvalue weighted by Crippen LogP contribution is -2.42. The van der Waals surface area contributed by atoms with Gasteiger partial charge in [-0.25, -0.2) is 4.79 Å². The van der Waals surface area contributed by atoms with Crippen LogP contribution in [0.15, 0.2) is 0 Å². The molecule has 1 amide bonds. The largest absolute Gasteiger partial charge is 0.444 e. The molecule has 1 rings (SSSR count). The number of terminal acetylenes is 1. The summed E-state index contributed by atoms with van der Waals surface area (Å²) >= 11 is 0. The number of carbonyl (C=O) groups excluding carboxylic acids is 1. The van der Waals surface area contributed by atoms with E-state index in [9.17, 15) is 4.79 Å². The molecule has 0 aliphatic carbocycles. The maximum Gasteiger partial charge on any atom is 0.410 e. The molecule has 0 spiro atoms. The highest BCUT2D eigenvalue weighted by molar-refractivity contribution is 5.68. The number of rotatable bonds is 0. The van der Waals surface area contributed by atoms with Crippen molar-refractivity contribution in [2.24, 2.45) is 5.92 Å². The Morgan fingerprint density at radius 2 is 2.00 bits per heavy atom. The normalized spacial score (nSPS) is 19.8. The molecule has 3 heteroatoms. The number of piperidine rings is 1. The molecule has 0 N–H and O–H groups in total. The lowest BCUT2D eigenvalue weighted by molar-refractivity contribution is 0.0190. The molecule has 0 aromatic heterocycles. The summed E-state index contributed by atoms with van der Waals surface area (Å²) in [5, 5.41) is 0. The van der Waals surface area contributed by atoms with Crippen LogP contribution in [0.1, 0.15) is 47.5 Å². The molecule has 1 heterocycles. The number of ether oxygens (including phenoxy) is 1. The first-order valence-electron chi connectivity index (χ1n) is 6.36. The lowest BCUT2D eigenvalue weighted by Gasteiger charge is -2.32. The van der Waals surface area contributed by atoms with Crippen LogP contribution in [-0.2, 0) is 4.74 Å². The van der Waals surface area contributed by atoms with Gasteiger partial charge in [0.2, 0.25) is 0 Å². The minimum atomic E-state index is -0.430. The fraction of sp³-hybridized carbons (Fsp3) is 0.786. The van der Waals surface area contributed by atoms with Gasteiger partial charge in [-0.05, 0) is 33.6 Å². The molecule has 0 saturated carbocycles. The zero-order chi connectivity index (χ0) is 13.5. The van der Waals surface area contributed by atoms with Crippen LogP contribution < -0.4 is 0 Å². The number of amides is 1. The van der Waals surface area contributed by atoms with Gasteiger partial charge < -0.3 is 9.64 Å². The predicted octanol–water partition coefficient (Wildman–Crippen LogP) is 3.29. The fourth-order valence-electron chi connectivity index (χ4n) is 1.61. The van der Waals surface area contributed by atoms with Gasteiger partial charge >= 0.3 is 6.09 Å². The van der Waals surface area contributed by atoms with Crippen LogP contribution in [0, 0.1) is 18.3 Å². The quantitative estimate of drug-likeness (QED) is 0.607. The van der Waals surface area contributed by atoms with Crippen molar-refractivity contribution in [2.45, 2.75) is 53.1 Å². The first-order chi connectivity index (χ1) is 7.92. The topological polar surface area (TPSA) is 29.5 Å². The first-order valence-corrected chi connectivity index (χ1v) is 6.36. The molecule has 1 atom stereocenters. The second-order valence-corrected chi connectivity index (χ2v) is 4.93. The molecule has 3 nitrogen and oxygen atoms in total. The zero-order valence-corrected chi connectivity index (χ0v) is 11.7. The Balaban J connectivity index is 0.00000121. The Morgan fingerprint density at radius 1 is 1.41 bits per heavy atom. The smallest absolute Gasteiger partial charge is 0.410 e. The van der Waals surface area contributed by atoms with E-state index in [0.29, 0.717) is 6.54 Å². The lowest BCUT2D eigenvalue weighted by atomic mass is 9.99. The summed E-state index contributed by atoms with van der Waals surface area (Å²) in [7, 11) is 0. The average molecular weight is 239 g/mol. The van der Waals surface area contributed by atoms with E-state index in [4.69, 9.17) is 11.2 Å². The third kappa shape index (κ3) is 6.21. The molecule has 0 bridgehead atoms. The number of hydrogen-bond acceptors (Lipinski definition) is 2. The van der Waals surface area contributed by atoms with Gasteiger partial charge in [-0.15, -0.1) is 12.3 Å². The van der Waals surface area contributed by atoms with E-state index in [2.05, 4.69) is 5.92 Å². The summed E-state index contributed by atoms with van der Waals surface area (Å²) in [6, 6.07) is 0. The third-order valence-corrected chi connectivity index (χ3v) is 2.31. The van der Waals surface area contributed by atoms with E-state index in [-0.39, 0.29) is 12.0 Å². The number of hydrogen-bond donors (Lipinski definition) is 0. The molecular formula is C14H25NO2. The van der Waals surface area contributed by atoms with Gasteiger partial charge in [-0.2, -0.15) is 0 Å². The summed E-state index contributed by atoms with van der Waals surface area (Å²) in [5.41, 5.74) is -0.430. The van der Waals surface area contributed by atoms with E-state index in [0.717, 1.165) is 19.4 Å². The van der Waals surface area contributed by atoms with Gasteiger partial charge in [0, 0.05) is 19.0 Å². The van der Waals surface area contributed by atoms with Crippen molar-refractivity contribution in [1.82, 2.24) is 4.90 Å². The maximum absolute atomic E-state index is 11.7. The van der Waals surface area contributed by atoms with Crippen molar-refractivity contribution in [3.8, 4) is 12.3 Å². The first kappa shape index (κ1) is 15.8. The summed E-state index contributed by atoms with van der Waals surface area (Å²) in [6.45, 7) is 11.0. The minimum Gasteiger partial charge on any atom is -0.444 e. The van der Waals surface area contributed by atoms with Crippen molar-refractivity contribution >= 4 is 6.09 Å². The Labute approximate surface area is 106 Å². The standard InChI is InChI=1S/C12H19NO2.C2H6/c1-5-10-7-6-8-13(9-10)11(14)15-12(2,3)4;1-2/h1,10H,6-9H2,2-4H3;1-2H3. The van der Waals surface area contributed by atoms with Gasteiger partial charge in [-0.3, -0.25) is 0 Å². The summed E-state index contributed by atoms with van der Waals surface area (Å²) in [5.74, 6) is 2.89. The second-order valence-electron chi connectivity index (χ2n) is 4.93. The number of carbonyl (C=O) groups is 1. The highest BCUT2D eigenvalue weighted by Crippen LogP contribution is 2.18. The zero-order valence-electron chi connectivity index (χ0n) is 11.7. The number of nitrogens with zero attached hydrogens (tertiary/aromatic N) is 1. The molecule has 1 fully saturated rings. The minimum absolute atomic E-state index is 0.186. The van der Waals surface area contributed by atoms with Crippen LogP contribution in [0.2, 0.25) is 0 Å². The SMILES string of the molecule is C#CC1CCCN(C(=O)OC(C)(C)C)C1.CC. The molecule has 0 aromatic rings. The molecule has 17 heavy (non-hydrogen) atoms. The average Bonchev–Trinajstić information content (AvgIpc) is 2.29. The van der Waals surface area contributed by atoms with Crippen molar-refractivity contribution in [3.05, 3.63) is 0 Å². The third-order valence-electron chi connectivity index (χ3n) is 2.31. The summed E-state index contributed by atoms with van der Waals surface area (Å²) < 4.78 is 5.29. The molecule has 0 radical (unpaired) electrons. The van der Waals surface area contributed by atoms with E-state index >= 15 is 0 Å². The van der Waals surface area contributed by atoms with Gasteiger partial charge in [-0.1, -0.05) is 13.8 Å². The Bertz CT molecular complexity index is 273. The molecule has 1 aliphatic heterocycles. The van der Waals surface area contributed by atoms with Crippen molar-refractivity contribution < 1.29 is 9.53 Å². The molecular weight excluding hydrogens is 214 g/mol. The van der Waals surface area contributed by atoms with Gasteiger partial charge in [0.15, 0.2) is 0 Å². The highest BCUT2D eigenvalue weighted by atomic mass is 16.6.